The third kappa shape index (κ3) is 4.27. The molecule has 0 bridgehead atoms. The molecule has 0 saturated heterocycles. The second-order valence-corrected chi connectivity index (χ2v) is 5.48. The van der Waals surface area contributed by atoms with Crippen LogP contribution in [0, 0.1) is 5.92 Å². The Kier molecular flexibility index (Phi) is 4.83. The molecule has 0 spiro atoms. The first-order valence-corrected chi connectivity index (χ1v) is 7.18. The summed E-state index contributed by atoms with van der Waals surface area (Å²) in [5.74, 6) is 1.41. The highest BCUT2D eigenvalue weighted by Gasteiger charge is 2.24. The lowest BCUT2D eigenvalue weighted by Gasteiger charge is -2.24. The van der Waals surface area contributed by atoms with Crippen molar-refractivity contribution in [3.63, 3.8) is 0 Å². The molecule has 0 aromatic heterocycles. The maximum Gasteiger partial charge on any atom is 0.223 e. The van der Waals surface area contributed by atoms with E-state index in [0.717, 1.165) is 31.6 Å². The summed E-state index contributed by atoms with van der Waals surface area (Å²) >= 11 is 0. The maximum atomic E-state index is 11.7. The number of hydrogen-bond acceptors (Lipinski definition) is 2. The number of ether oxygens (including phenoxy) is 1. The summed E-state index contributed by atoms with van der Waals surface area (Å²) < 4.78 is 5.60. The number of hydrogen-bond donors (Lipinski definition) is 1. The largest absolute Gasteiger partial charge is 0.491 e. The minimum absolute atomic E-state index is 0.201. The minimum atomic E-state index is 0.201. The highest BCUT2D eigenvalue weighted by Crippen LogP contribution is 2.26. The first-order chi connectivity index (χ1) is 9.15. The standard InChI is InChI=1S/C16H23NO2/c1-12(2)19-15-8-6-13(7-9-15)10-11-17-16(18)14-4-3-5-14/h6-9,12,14H,3-5,10-11H2,1-2H3,(H,17,18). The lowest BCUT2D eigenvalue weighted by atomic mass is 9.85. The van der Waals surface area contributed by atoms with Crippen LogP contribution in [0.2, 0.25) is 0 Å². The van der Waals surface area contributed by atoms with E-state index in [1.165, 1.54) is 12.0 Å². The van der Waals surface area contributed by atoms with Crippen molar-refractivity contribution < 1.29 is 9.53 Å². The Balaban J connectivity index is 1.72. The summed E-state index contributed by atoms with van der Waals surface area (Å²) in [6.45, 7) is 4.76. The Hall–Kier alpha value is -1.51. The molecular weight excluding hydrogens is 238 g/mol. The molecule has 0 unspecified atom stereocenters. The lowest BCUT2D eigenvalue weighted by Crippen LogP contribution is -2.35. The summed E-state index contributed by atoms with van der Waals surface area (Å²) in [5, 5.41) is 3.01. The van der Waals surface area contributed by atoms with E-state index in [4.69, 9.17) is 4.74 Å². The van der Waals surface area contributed by atoms with Gasteiger partial charge in [0.25, 0.3) is 0 Å². The minimum Gasteiger partial charge on any atom is -0.491 e. The summed E-state index contributed by atoms with van der Waals surface area (Å²) in [7, 11) is 0. The zero-order valence-electron chi connectivity index (χ0n) is 11.8. The maximum absolute atomic E-state index is 11.7. The number of rotatable bonds is 6. The molecule has 1 aromatic rings. The van der Waals surface area contributed by atoms with Crippen molar-refractivity contribution >= 4 is 5.91 Å². The summed E-state index contributed by atoms with van der Waals surface area (Å²) in [5.41, 5.74) is 1.23. The average molecular weight is 261 g/mol. The van der Waals surface area contributed by atoms with Gasteiger partial charge < -0.3 is 10.1 Å². The van der Waals surface area contributed by atoms with E-state index in [-0.39, 0.29) is 17.9 Å². The number of benzene rings is 1. The molecule has 3 nitrogen and oxygen atoms in total. The molecule has 19 heavy (non-hydrogen) atoms. The summed E-state index contributed by atoms with van der Waals surface area (Å²) in [6, 6.07) is 8.10. The molecule has 1 aliphatic rings. The van der Waals surface area contributed by atoms with Crippen LogP contribution in [0.15, 0.2) is 24.3 Å². The van der Waals surface area contributed by atoms with Crippen LogP contribution in [-0.4, -0.2) is 18.6 Å². The molecule has 104 valence electrons. The fraction of sp³-hybridized carbons (Fsp3) is 0.562. The molecule has 0 aliphatic heterocycles. The Morgan fingerprint density at radius 3 is 2.53 bits per heavy atom. The monoisotopic (exact) mass is 261 g/mol. The van der Waals surface area contributed by atoms with Crippen LogP contribution < -0.4 is 10.1 Å². The smallest absolute Gasteiger partial charge is 0.223 e. The van der Waals surface area contributed by atoms with E-state index in [2.05, 4.69) is 17.4 Å². The highest BCUT2D eigenvalue weighted by atomic mass is 16.5. The zero-order chi connectivity index (χ0) is 13.7. The lowest BCUT2D eigenvalue weighted by molar-refractivity contribution is -0.127. The second kappa shape index (κ2) is 6.60. The normalized spacial score (nSPS) is 15.1. The highest BCUT2D eigenvalue weighted by molar-refractivity contribution is 5.79. The van der Waals surface area contributed by atoms with E-state index in [9.17, 15) is 4.79 Å². The van der Waals surface area contributed by atoms with Crippen LogP contribution in [0.1, 0.15) is 38.7 Å². The Bertz CT molecular complexity index is 407. The number of nitrogens with one attached hydrogen (secondary N) is 1. The molecule has 1 aromatic carbocycles. The molecule has 1 N–H and O–H groups in total. The molecule has 1 saturated carbocycles. The van der Waals surface area contributed by atoms with Crippen LogP contribution in [-0.2, 0) is 11.2 Å². The van der Waals surface area contributed by atoms with Crippen LogP contribution >= 0.6 is 0 Å². The van der Waals surface area contributed by atoms with E-state index < -0.39 is 0 Å². The van der Waals surface area contributed by atoms with Crippen molar-refractivity contribution in [3.05, 3.63) is 29.8 Å². The van der Waals surface area contributed by atoms with Gasteiger partial charge in [-0.15, -0.1) is 0 Å². The number of carbonyl (C=O) groups excluding carboxylic acids is 1. The van der Waals surface area contributed by atoms with Gasteiger partial charge in [-0.05, 0) is 50.8 Å². The molecule has 2 rings (SSSR count). The van der Waals surface area contributed by atoms with Crippen molar-refractivity contribution in [3.8, 4) is 5.75 Å². The summed E-state index contributed by atoms with van der Waals surface area (Å²) in [4.78, 5) is 11.7. The van der Waals surface area contributed by atoms with Gasteiger partial charge in [-0.2, -0.15) is 0 Å². The number of amides is 1. The predicted molar refractivity (Wildman–Crippen MR) is 76.3 cm³/mol. The van der Waals surface area contributed by atoms with Crippen molar-refractivity contribution in [2.45, 2.75) is 45.6 Å². The van der Waals surface area contributed by atoms with Gasteiger partial charge in [-0.25, -0.2) is 0 Å². The van der Waals surface area contributed by atoms with Gasteiger partial charge >= 0.3 is 0 Å². The van der Waals surface area contributed by atoms with Gasteiger partial charge in [0.2, 0.25) is 5.91 Å². The van der Waals surface area contributed by atoms with Gasteiger partial charge in [-0.1, -0.05) is 18.6 Å². The van der Waals surface area contributed by atoms with Gasteiger partial charge in [0.05, 0.1) is 6.10 Å². The zero-order valence-corrected chi connectivity index (χ0v) is 11.8. The first-order valence-electron chi connectivity index (χ1n) is 7.18. The van der Waals surface area contributed by atoms with Crippen molar-refractivity contribution in [1.82, 2.24) is 5.32 Å². The van der Waals surface area contributed by atoms with Crippen molar-refractivity contribution in [1.29, 1.82) is 0 Å². The molecule has 0 heterocycles. The molecular formula is C16H23NO2. The van der Waals surface area contributed by atoms with Crippen LogP contribution in [0.4, 0.5) is 0 Å². The fourth-order valence-electron chi connectivity index (χ4n) is 2.15. The Morgan fingerprint density at radius 2 is 2.00 bits per heavy atom. The van der Waals surface area contributed by atoms with Crippen molar-refractivity contribution in [2.24, 2.45) is 5.92 Å². The molecule has 0 atom stereocenters. The fourth-order valence-corrected chi connectivity index (χ4v) is 2.15. The third-order valence-corrected chi connectivity index (χ3v) is 3.48. The average Bonchev–Trinajstić information content (AvgIpc) is 2.28. The number of carbonyl (C=O) groups is 1. The second-order valence-electron chi connectivity index (χ2n) is 5.48. The van der Waals surface area contributed by atoms with E-state index >= 15 is 0 Å². The van der Waals surface area contributed by atoms with E-state index in [1.807, 2.05) is 26.0 Å². The van der Waals surface area contributed by atoms with Crippen LogP contribution in [0.3, 0.4) is 0 Å². The van der Waals surface area contributed by atoms with Crippen molar-refractivity contribution in [2.75, 3.05) is 6.54 Å². The van der Waals surface area contributed by atoms with Crippen LogP contribution in [0.5, 0.6) is 5.75 Å². The van der Waals surface area contributed by atoms with E-state index in [1.54, 1.807) is 0 Å². The Morgan fingerprint density at radius 1 is 1.32 bits per heavy atom. The third-order valence-electron chi connectivity index (χ3n) is 3.48. The summed E-state index contributed by atoms with van der Waals surface area (Å²) in [6.07, 6.45) is 4.41. The van der Waals surface area contributed by atoms with Gasteiger partial charge in [0.1, 0.15) is 5.75 Å². The van der Waals surface area contributed by atoms with Gasteiger partial charge in [0.15, 0.2) is 0 Å². The predicted octanol–water partition coefficient (Wildman–Crippen LogP) is 2.93. The van der Waals surface area contributed by atoms with E-state index in [0.29, 0.717) is 0 Å². The topological polar surface area (TPSA) is 38.3 Å². The molecule has 3 heteroatoms. The molecule has 1 aliphatic carbocycles. The first kappa shape index (κ1) is 13.9. The molecule has 0 radical (unpaired) electrons. The SMILES string of the molecule is CC(C)Oc1ccc(CCNC(=O)C2CCC2)cc1. The Labute approximate surface area is 115 Å². The van der Waals surface area contributed by atoms with Crippen LogP contribution in [0.25, 0.3) is 0 Å². The van der Waals surface area contributed by atoms with Gasteiger partial charge in [-0.3, -0.25) is 4.79 Å². The quantitative estimate of drug-likeness (QED) is 0.855. The molecule has 1 fully saturated rings. The van der Waals surface area contributed by atoms with Gasteiger partial charge in [0, 0.05) is 12.5 Å². The molecule has 1 amide bonds.